The Balaban J connectivity index is 1.32. The van der Waals surface area contributed by atoms with Crippen molar-refractivity contribution in [3.63, 3.8) is 0 Å². The smallest absolute Gasteiger partial charge is 0.410 e. The summed E-state index contributed by atoms with van der Waals surface area (Å²) in [6.07, 6.45) is 10.3. The van der Waals surface area contributed by atoms with Crippen LogP contribution in [0.4, 0.5) is 4.79 Å². The first-order chi connectivity index (χ1) is 17.1. The zero-order chi connectivity index (χ0) is 27.1. The minimum absolute atomic E-state index is 0.101. The van der Waals surface area contributed by atoms with E-state index in [1.807, 2.05) is 27.7 Å². The number of rotatable bonds is 10. The third kappa shape index (κ3) is 6.70. The molecule has 6 nitrogen and oxygen atoms in total. The number of carbonyl (C=O) groups is 1. The summed E-state index contributed by atoms with van der Waals surface area (Å²) in [5, 5.41) is 0. The van der Waals surface area contributed by atoms with Gasteiger partial charge in [0.15, 0.2) is 0 Å². The van der Waals surface area contributed by atoms with Gasteiger partial charge in [-0.2, -0.15) is 8.42 Å². The molecule has 0 radical (unpaired) electrons. The predicted molar refractivity (Wildman–Crippen MR) is 146 cm³/mol. The maximum Gasteiger partial charge on any atom is 0.410 e. The van der Waals surface area contributed by atoms with Crippen molar-refractivity contribution in [3.8, 4) is 0 Å². The predicted octanol–water partition coefficient (Wildman–Crippen LogP) is 7.25. The van der Waals surface area contributed by atoms with E-state index in [1.54, 1.807) is 24.3 Å². The summed E-state index contributed by atoms with van der Waals surface area (Å²) in [6.45, 7) is 13.5. The van der Waals surface area contributed by atoms with Crippen LogP contribution < -0.4 is 0 Å². The molecule has 0 aromatic heterocycles. The third-order valence-corrected chi connectivity index (χ3v) is 9.93. The maximum atomic E-state index is 13.5. The van der Waals surface area contributed by atoms with Gasteiger partial charge in [-0.15, -0.1) is 0 Å². The average Bonchev–Trinajstić information content (AvgIpc) is 2.71. The number of benzene rings is 1. The standard InChI is InChI=1S/C30H47NO5S/c1-23-11-13-25(14-12-23)37(33,34)35-16-10-8-7-9-15-31(26(32)36-27(2,3)4)30-19-24-17-28(5,21-30)20-29(6,18-24)22-30/h11-14,24H,7-10,15-22H2,1-6H3. The van der Waals surface area contributed by atoms with Gasteiger partial charge in [0, 0.05) is 12.1 Å². The molecule has 0 aliphatic heterocycles. The summed E-state index contributed by atoms with van der Waals surface area (Å²) in [4.78, 5) is 15.8. The minimum Gasteiger partial charge on any atom is -0.444 e. The van der Waals surface area contributed by atoms with Gasteiger partial charge < -0.3 is 9.64 Å². The molecular weight excluding hydrogens is 486 g/mol. The van der Waals surface area contributed by atoms with E-state index in [0.717, 1.165) is 44.1 Å². The second-order valence-electron chi connectivity index (χ2n) is 14.0. The normalized spacial score (nSPS) is 30.9. The number of nitrogens with zero attached hydrogens (tertiary/aromatic N) is 1. The van der Waals surface area contributed by atoms with Crippen molar-refractivity contribution >= 4 is 16.2 Å². The van der Waals surface area contributed by atoms with Crippen LogP contribution in [0.5, 0.6) is 0 Å². The van der Waals surface area contributed by atoms with Gasteiger partial charge in [-0.05, 0) is 108 Å². The zero-order valence-electron chi connectivity index (χ0n) is 23.8. The highest BCUT2D eigenvalue weighted by Gasteiger charge is 2.62. The van der Waals surface area contributed by atoms with Crippen molar-refractivity contribution < 1.29 is 22.1 Å². The molecule has 1 amide bonds. The second kappa shape index (κ2) is 10.2. The van der Waals surface area contributed by atoms with Crippen LogP contribution in [-0.2, 0) is 19.0 Å². The highest BCUT2D eigenvalue weighted by molar-refractivity contribution is 7.86. The minimum atomic E-state index is -3.72. The van der Waals surface area contributed by atoms with E-state index in [4.69, 9.17) is 8.92 Å². The van der Waals surface area contributed by atoms with E-state index < -0.39 is 15.7 Å². The lowest BCUT2D eigenvalue weighted by Crippen LogP contribution is -2.66. The van der Waals surface area contributed by atoms with Crippen LogP contribution in [0.15, 0.2) is 29.2 Å². The molecule has 7 heteroatoms. The quantitative estimate of drug-likeness (QED) is 0.234. The summed E-state index contributed by atoms with van der Waals surface area (Å²) < 4.78 is 36.0. The first-order valence-electron chi connectivity index (χ1n) is 14.1. The lowest BCUT2D eigenvalue weighted by atomic mass is 9.42. The van der Waals surface area contributed by atoms with E-state index in [1.165, 1.54) is 19.3 Å². The molecule has 4 aliphatic rings. The van der Waals surface area contributed by atoms with Gasteiger partial charge in [-0.25, -0.2) is 4.79 Å². The van der Waals surface area contributed by atoms with Gasteiger partial charge in [0.2, 0.25) is 0 Å². The number of hydrogen-bond acceptors (Lipinski definition) is 5. The Morgan fingerprint density at radius 3 is 2.11 bits per heavy atom. The van der Waals surface area contributed by atoms with Crippen LogP contribution in [0.3, 0.4) is 0 Å². The molecule has 4 aliphatic carbocycles. The summed E-state index contributed by atoms with van der Waals surface area (Å²) in [6, 6.07) is 6.72. The Morgan fingerprint density at radius 1 is 0.946 bits per heavy atom. The van der Waals surface area contributed by atoms with E-state index in [0.29, 0.717) is 29.7 Å². The topological polar surface area (TPSA) is 72.9 Å². The Morgan fingerprint density at radius 2 is 1.54 bits per heavy atom. The van der Waals surface area contributed by atoms with Crippen LogP contribution in [0.1, 0.15) is 104 Å². The summed E-state index contributed by atoms with van der Waals surface area (Å²) in [5.74, 6) is 0.698. The molecule has 1 aromatic rings. The van der Waals surface area contributed by atoms with Crippen LogP contribution in [-0.4, -0.2) is 43.7 Å². The van der Waals surface area contributed by atoms with Gasteiger partial charge in [-0.3, -0.25) is 4.18 Å². The number of hydrogen-bond donors (Lipinski definition) is 0. The first kappa shape index (κ1) is 28.4. The number of unbranched alkanes of at least 4 members (excludes halogenated alkanes) is 3. The van der Waals surface area contributed by atoms with Crippen molar-refractivity contribution in [1.82, 2.24) is 4.90 Å². The van der Waals surface area contributed by atoms with E-state index in [-0.39, 0.29) is 23.1 Å². The van der Waals surface area contributed by atoms with Crippen molar-refractivity contribution in [2.45, 2.75) is 122 Å². The fourth-order valence-electron chi connectivity index (χ4n) is 8.19. The van der Waals surface area contributed by atoms with Gasteiger partial charge in [0.1, 0.15) is 5.60 Å². The Bertz CT molecular complexity index is 1060. The molecule has 0 heterocycles. The highest BCUT2D eigenvalue weighted by Crippen LogP contribution is 2.67. The zero-order valence-corrected chi connectivity index (χ0v) is 24.6. The Kier molecular flexibility index (Phi) is 7.82. The molecule has 5 rings (SSSR count). The van der Waals surface area contributed by atoms with Crippen molar-refractivity contribution in [2.75, 3.05) is 13.2 Å². The number of aryl methyl sites for hydroxylation is 1. The Hall–Kier alpha value is -1.60. The molecule has 4 bridgehead atoms. The largest absolute Gasteiger partial charge is 0.444 e. The molecule has 37 heavy (non-hydrogen) atoms. The number of ether oxygens (including phenoxy) is 1. The van der Waals surface area contributed by atoms with E-state index in [2.05, 4.69) is 18.7 Å². The number of carbonyl (C=O) groups excluding carboxylic acids is 1. The fourth-order valence-corrected chi connectivity index (χ4v) is 9.14. The molecule has 0 spiro atoms. The lowest BCUT2D eigenvalue weighted by Gasteiger charge is -2.67. The van der Waals surface area contributed by atoms with Crippen LogP contribution in [0.2, 0.25) is 0 Å². The molecular formula is C30H47NO5S. The summed E-state index contributed by atoms with van der Waals surface area (Å²) in [7, 11) is -3.72. The first-order valence-corrected chi connectivity index (χ1v) is 15.5. The summed E-state index contributed by atoms with van der Waals surface area (Å²) >= 11 is 0. The molecule has 208 valence electrons. The molecule has 2 atom stereocenters. The Labute approximate surface area is 224 Å². The average molecular weight is 534 g/mol. The highest BCUT2D eigenvalue weighted by atomic mass is 32.2. The monoisotopic (exact) mass is 533 g/mol. The van der Waals surface area contributed by atoms with Gasteiger partial charge >= 0.3 is 6.09 Å². The van der Waals surface area contributed by atoms with Crippen LogP contribution in [0.25, 0.3) is 0 Å². The van der Waals surface area contributed by atoms with Crippen molar-refractivity contribution in [1.29, 1.82) is 0 Å². The third-order valence-electron chi connectivity index (χ3n) is 8.61. The molecule has 1 aromatic carbocycles. The number of amides is 1. The molecule has 0 N–H and O–H groups in total. The fraction of sp³-hybridized carbons (Fsp3) is 0.767. The summed E-state index contributed by atoms with van der Waals surface area (Å²) in [5.41, 5.74) is 1.02. The molecule has 0 saturated heterocycles. The van der Waals surface area contributed by atoms with Gasteiger partial charge in [-0.1, -0.05) is 44.4 Å². The molecule has 4 saturated carbocycles. The maximum absolute atomic E-state index is 13.5. The van der Waals surface area contributed by atoms with E-state index in [9.17, 15) is 13.2 Å². The van der Waals surface area contributed by atoms with Crippen molar-refractivity contribution in [3.05, 3.63) is 29.8 Å². The lowest BCUT2D eigenvalue weighted by molar-refractivity contribution is -0.157. The van der Waals surface area contributed by atoms with Crippen molar-refractivity contribution in [2.24, 2.45) is 16.7 Å². The SMILES string of the molecule is Cc1ccc(S(=O)(=O)OCCCCCCN(C(=O)OC(C)(C)C)C23CC4CC(C)(CC(C)(C4)C2)C3)cc1. The van der Waals surface area contributed by atoms with E-state index >= 15 is 0 Å². The van der Waals surface area contributed by atoms with Crippen LogP contribution >= 0.6 is 0 Å². The van der Waals surface area contributed by atoms with Gasteiger partial charge in [0.25, 0.3) is 10.1 Å². The molecule has 2 unspecified atom stereocenters. The second-order valence-corrected chi connectivity index (χ2v) is 15.6. The van der Waals surface area contributed by atoms with Gasteiger partial charge in [0.05, 0.1) is 11.5 Å². The van der Waals surface area contributed by atoms with Crippen LogP contribution in [0, 0.1) is 23.7 Å². The molecule has 4 fully saturated rings.